The number of piperidine rings is 1. The fourth-order valence-electron chi connectivity index (χ4n) is 6.05. The van der Waals surface area contributed by atoms with Gasteiger partial charge in [-0.25, -0.2) is 9.50 Å². The smallest absolute Gasteiger partial charge is 0.256 e. The van der Waals surface area contributed by atoms with Gasteiger partial charge >= 0.3 is 0 Å². The number of rotatable bonds is 9. The second kappa shape index (κ2) is 13.5. The van der Waals surface area contributed by atoms with Gasteiger partial charge < -0.3 is 24.6 Å². The molecular formula is C32H38ClN7O2S. The quantitative estimate of drug-likeness (QED) is 0.229. The number of hydrogen-bond donors (Lipinski definition) is 2. The van der Waals surface area contributed by atoms with Crippen molar-refractivity contribution in [1.29, 1.82) is 0 Å². The first kappa shape index (κ1) is 29.7. The number of anilines is 2. The molecule has 2 aromatic heterocycles. The highest BCUT2D eigenvalue weighted by atomic mass is 35.5. The number of halogens is 1. The number of likely N-dealkylation sites (tertiary alicyclic amines) is 1. The normalized spacial score (nSPS) is 19.1. The number of nitrogens with one attached hydrogen (secondary N) is 2. The van der Waals surface area contributed by atoms with Crippen molar-refractivity contribution in [3.63, 3.8) is 0 Å². The van der Waals surface area contributed by atoms with Crippen molar-refractivity contribution in [1.82, 2.24) is 24.8 Å². The molecule has 2 N–H and O–H groups in total. The van der Waals surface area contributed by atoms with Gasteiger partial charge in [-0.05, 0) is 49.9 Å². The number of nitrogens with zero attached hydrogens (tertiary/aromatic N) is 5. The zero-order valence-corrected chi connectivity index (χ0v) is 26.2. The molecule has 2 unspecified atom stereocenters. The lowest BCUT2D eigenvalue weighted by molar-refractivity contribution is 0.0607. The minimum atomic E-state index is -0.127. The fourth-order valence-corrected chi connectivity index (χ4v) is 6.62. The van der Waals surface area contributed by atoms with Crippen molar-refractivity contribution in [2.45, 2.75) is 44.9 Å². The molecule has 226 valence electrons. The third-order valence-electron chi connectivity index (χ3n) is 8.14. The molecule has 6 rings (SSSR count). The Bertz CT molecular complexity index is 1570. The van der Waals surface area contributed by atoms with Crippen LogP contribution in [0.15, 0.2) is 60.8 Å². The van der Waals surface area contributed by atoms with Gasteiger partial charge in [0.15, 0.2) is 5.65 Å². The number of aromatic nitrogens is 3. The molecule has 0 saturated carbocycles. The molecular weight excluding hydrogens is 582 g/mol. The number of carbonyl (C=O) groups excluding carboxylic acids is 1. The summed E-state index contributed by atoms with van der Waals surface area (Å²) >= 11 is 7.77. The van der Waals surface area contributed by atoms with Crippen LogP contribution in [0.2, 0.25) is 5.02 Å². The Balaban J connectivity index is 1.19. The lowest BCUT2D eigenvalue weighted by atomic mass is 9.98. The van der Waals surface area contributed by atoms with E-state index in [2.05, 4.69) is 40.2 Å². The van der Waals surface area contributed by atoms with Gasteiger partial charge in [-0.15, -0.1) is 0 Å². The average Bonchev–Trinajstić information content (AvgIpc) is 3.44. The Morgan fingerprint density at radius 3 is 2.86 bits per heavy atom. The molecule has 43 heavy (non-hydrogen) atoms. The maximum atomic E-state index is 13.9. The lowest BCUT2D eigenvalue weighted by Crippen LogP contribution is -2.53. The van der Waals surface area contributed by atoms with Crippen molar-refractivity contribution in [2.24, 2.45) is 0 Å². The van der Waals surface area contributed by atoms with Gasteiger partial charge in [0.2, 0.25) is 0 Å². The number of piperazine rings is 1. The second-order valence-corrected chi connectivity index (χ2v) is 12.3. The number of hydrogen-bond acceptors (Lipinski definition) is 8. The second-order valence-electron chi connectivity index (χ2n) is 11.2. The zero-order valence-electron chi connectivity index (χ0n) is 24.6. The summed E-state index contributed by atoms with van der Waals surface area (Å²) in [6, 6.07) is 17.8. The van der Waals surface area contributed by atoms with Crippen LogP contribution in [0.25, 0.3) is 5.65 Å². The summed E-state index contributed by atoms with van der Waals surface area (Å²) in [4.78, 5) is 23.3. The third-order valence-corrected chi connectivity index (χ3v) is 8.80. The number of benzene rings is 2. The Labute approximate surface area is 262 Å². The summed E-state index contributed by atoms with van der Waals surface area (Å²) < 4.78 is 11.1. The molecule has 2 saturated heterocycles. The highest BCUT2D eigenvalue weighted by molar-refractivity contribution is 7.99. The van der Waals surface area contributed by atoms with E-state index in [-0.39, 0.29) is 18.0 Å². The summed E-state index contributed by atoms with van der Waals surface area (Å²) in [5.41, 5.74) is 5.24. The molecule has 2 atom stereocenters. The van der Waals surface area contributed by atoms with Crippen molar-refractivity contribution >= 4 is 46.6 Å². The van der Waals surface area contributed by atoms with Gasteiger partial charge in [0.05, 0.1) is 36.2 Å². The van der Waals surface area contributed by atoms with E-state index in [9.17, 15) is 4.79 Å². The van der Waals surface area contributed by atoms with Gasteiger partial charge in [-0.1, -0.05) is 53.9 Å². The number of carbonyl (C=O) groups is 1. The van der Waals surface area contributed by atoms with Crippen LogP contribution in [-0.2, 0) is 11.3 Å². The lowest BCUT2D eigenvalue weighted by Gasteiger charge is -2.35. The van der Waals surface area contributed by atoms with E-state index in [4.69, 9.17) is 26.4 Å². The van der Waals surface area contributed by atoms with Crippen LogP contribution in [0.1, 0.15) is 52.5 Å². The van der Waals surface area contributed by atoms with Crippen molar-refractivity contribution in [3.05, 3.63) is 88.2 Å². The first-order chi connectivity index (χ1) is 21.0. The molecule has 4 heterocycles. The van der Waals surface area contributed by atoms with Crippen molar-refractivity contribution in [2.75, 3.05) is 48.7 Å². The van der Waals surface area contributed by atoms with Crippen molar-refractivity contribution in [3.8, 4) is 0 Å². The van der Waals surface area contributed by atoms with Gasteiger partial charge in [-0.3, -0.25) is 4.79 Å². The van der Waals surface area contributed by atoms with E-state index in [0.29, 0.717) is 30.3 Å². The van der Waals surface area contributed by atoms with Crippen LogP contribution < -0.4 is 14.9 Å². The Morgan fingerprint density at radius 2 is 2.02 bits per heavy atom. The highest BCUT2D eigenvalue weighted by Gasteiger charge is 2.32. The van der Waals surface area contributed by atoms with Gasteiger partial charge in [-0.2, -0.15) is 5.10 Å². The molecule has 0 bridgehead atoms. The topological polar surface area (TPSA) is 87.0 Å². The molecule has 1 amide bonds. The molecule has 0 radical (unpaired) electrons. The Hall–Kier alpha value is -3.31. The van der Waals surface area contributed by atoms with E-state index in [1.165, 1.54) is 17.5 Å². The van der Waals surface area contributed by atoms with Gasteiger partial charge in [0.1, 0.15) is 5.82 Å². The first-order valence-electron chi connectivity index (χ1n) is 14.9. The third kappa shape index (κ3) is 6.77. The summed E-state index contributed by atoms with van der Waals surface area (Å²) in [6.07, 6.45) is 6.85. The Morgan fingerprint density at radius 1 is 1.16 bits per heavy atom. The molecule has 9 nitrogen and oxygen atoms in total. The van der Waals surface area contributed by atoms with E-state index in [1.54, 1.807) is 12.1 Å². The van der Waals surface area contributed by atoms with E-state index >= 15 is 0 Å². The Kier molecular flexibility index (Phi) is 9.37. The minimum absolute atomic E-state index is 0.0352. The predicted molar refractivity (Wildman–Crippen MR) is 174 cm³/mol. The monoisotopic (exact) mass is 619 g/mol. The van der Waals surface area contributed by atoms with Gasteiger partial charge in [0.25, 0.3) is 5.91 Å². The molecule has 4 aromatic rings. The van der Waals surface area contributed by atoms with Crippen LogP contribution in [0, 0.1) is 6.92 Å². The standard InChI is InChI=1S/C32H38ClN7O2S/c1-22-18-40-30(35-31(22)38-15-13-34-25(19-38)21-42-20-23-8-4-3-5-9-23)17-28(36-40)29-10-6-7-14-39(29)32(41)26-16-24(33)11-12-27(26)37-43-2/h3-5,8-9,11-12,16-18,25,29,34,37H,6-7,10,13-15,19-21H2,1-2H3. The minimum Gasteiger partial charge on any atom is -0.375 e. The summed E-state index contributed by atoms with van der Waals surface area (Å²) in [6.45, 7) is 6.56. The molecule has 0 spiro atoms. The van der Waals surface area contributed by atoms with E-state index in [0.717, 1.165) is 67.3 Å². The average molecular weight is 620 g/mol. The van der Waals surface area contributed by atoms with Crippen molar-refractivity contribution < 1.29 is 9.53 Å². The first-order valence-corrected chi connectivity index (χ1v) is 16.5. The number of aryl methyl sites for hydroxylation is 1. The summed E-state index contributed by atoms with van der Waals surface area (Å²) in [7, 11) is 0. The summed E-state index contributed by atoms with van der Waals surface area (Å²) in [5.74, 6) is 0.934. The molecule has 2 aromatic carbocycles. The predicted octanol–water partition coefficient (Wildman–Crippen LogP) is 5.74. The van der Waals surface area contributed by atoms with Crippen LogP contribution in [0.3, 0.4) is 0 Å². The zero-order chi connectivity index (χ0) is 29.8. The largest absolute Gasteiger partial charge is 0.375 e. The SMILES string of the molecule is CSNc1ccc(Cl)cc1C(=O)N1CCCCC1c1cc2nc(N3CCNC(COCc4ccccc4)C3)c(C)cn2n1. The molecule has 0 aliphatic carbocycles. The number of fused-ring (bicyclic) bond motifs is 1. The molecule has 2 aliphatic heterocycles. The maximum Gasteiger partial charge on any atom is 0.256 e. The molecule has 2 aliphatic rings. The maximum absolute atomic E-state index is 13.9. The van der Waals surface area contributed by atoms with Crippen LogP contribution in [0.5, 0.6) is 0 Å². The van der Waals surface area contributed by atoms with E-state index in [1.807, 2.05) is 46.0 Å². The number of ether oxygens (including phenoxy) is 1. The fraction of sp³-hybridized carbons (Fsp3) is 0.406. The van der Waals surface area contributed by atoms with Crippen LogP contribution >= 0.6 is 23.5 Å². The van der Waals surface area contributed by atoms with Crippen LogP contribution in [-0.4, -0.2) is 70.5 Å². The number of amides is 1. The summed E-state index contributed by atoms with van der Waals surface area (Å²) in [5, 5.41) is 9.07. The highest BCUT2D eigenvalue weighted by Crippen LogP contribution is 2.34. The van der Waals surface area contributed by atoms with E-state index < -0.39 is 0 Å². The van der Waals surface area contributed by atoms with Crippen LogP contribution in [0.4, 0.5) is 11.5 Å². The molecule has 11 heteroatoms. The molecule has 2 fully saturated rings. The van der Waals surface area contributed by atoms with Gasteiger partial charge in [0, 0.05) is 61.3 Å².